The minimum atomic E-state index is -4.49. The molecule has 0 bridgehead atoms. The van der Waals surface area contributed by atoms with Crippen LogP contribution in [-0.4, -0.2) is 53.9 Å². The number of benzene rings is 1. The average molecular weight is 475 g/mol. The Kier molecular flexibility index (Phi) is 7.04. The largest absolute Gasteiger partial charge is 0.409 e. The van der Waals surface area contributed by atoms with Gasteiger partial charge in [-0.15, -0.1) is 0 Å². The van der Waals surface area contributed by atoms with Gasteiger partial charge < -0.3 is 15.0 Å². The molecule has 2 aromatic rings. The van der Waals surface area contributed by atoms with Crippen molar-refractivity contribution in [3.8, 4) is 11.1 Å². The Hall–Kier alpha value is -2.66. The normalized spacial score (nSPS) is 21.5. The molecule has 1 saturated heterocycles. The first-order valence-corrected chi connectivity index (χ1v) is 10.1. The summed E-state index contributed by atoms with van der Waals surface area (Å²) in [4.78, 5) is 16.6. The number of nitrogens with zero attached hydrogens (tertiary/aromatic N) is 2. The van der Waals surface area contributed by atoms with Crippen LogP contribution in [0.3, 0.4) is 0 Å². The van der Waals surface area contributed by atoms with Crippen molar-refractivity contribution in [3.05, 3.63) is 53.9 Å². The SMILES string of the molecule is CNC(c1ccc(-c2ccc([C@H]3OC(C)(C)N(C(=O)C(F)F)C3CF)cc2)cn1)C(F)(F)F. The fourth-order valence-electron chi connectivity index (χ4n) is 4.05. The number of nitrogens with one attached hydrogen (secondary N) is 1. The van der Waals surface area contributed by atoms with Gasteiger partial charge >= 0.3 is 12.6 Å². The van der Waals surface area contributed by atoms with Gasteiger partial charge in [-0.2, -0.15) is 22.0 Å². The Morgan fingerprint density at radius 1 is 1.15 bits per heavy atom. The van der Waals surface area contributed by atoms with Crippen LogP contribution in [-0.2, 0) is 9.53 Å². The second kappa shape index (κ2) is 9.30. The fraction of sp³-hybridized carbons (Fsp3) is 0.455. The van der Waals surface area contributed by atoms with Crippen LogP contribution in [0, 0.1) is 0 Å². The quantitative estimate of drug-likeness (QED) is 0.610. The van der Waals surface area contributed by atoms with E-state index in [1.807, 2.05) is 0 Å². The summed E-state index contributed by atoms with van der Waals surface area (Å²) in [5.41, 5.74) is 0.0276. The third-order valence-corrected chi connectivity index (χ3v) is 5.53. The van der Waals surface area contributed by atoms with Crippen molar-refractivity contribution < 1.29 is 35.9 Å². The summed E-state index contributed by atoms with van der Waals surface area (Å²) in [6, 6.07) is 6.10. The molecule has 5 nitrogen and oxygen atoms in total. The lowest BCUT2D eigenvalue weighted by atomic mass is 9.99. The van der Waals surface area contributed by atoms with E-state index in [9.17, 15) is 31.1 Å². The molecule has 0 spiro atoms. The zero-order valence-corrected chi connectivity index (χ0v) is 18.0. The van der Waals surface area contributed by atoms with Gasteiger partial charge in [-0.05, 0) is 38.1 Å². The molecule has 1 fully saturated rings. The van der Waals surface area contributed by atoms with E-state index in [2.05, 4.69) is 10.3 Å². The van der Waals surface area contributed by atoms with E-state index in [-0.39, 0.29) is 5.69 Å². The molecule has 1 aliphatic rings. The molecule has 1 aromatic carbocycles. The molecule has 2 unspecified atom stereocenters. The van der Waals surface area contributed by atoms with Gasteiger partial charge in [0, 0.05) is 11.8 Å². The van der Waals surface area contributed by atoms with E-state index >= 15 is 0 Å². The molecule has 1 aliphatic heterocycles. The highest BCUT2D eigenvalue weighted by Gasteiger charge is 2.52. The number of amides is 1. The first-order chi connectivity index (χ1) is 15.4. The van der Waals surface area contributed by atoms with Gasteiger partial charge in [0.2, 0.25) is 0 Å². The molecule has 0 radical (unpaired) electrons. The van der Waals surface area contributed by atoms with Gasteiger partial charge in [0.25, 0.3) is 5.91 Å². The van der Waals surface area contributed by atoms with Crippen LogP contribution in [0.4, 0.5) is 26.3 Å². The zero-order valence-electron chi connectivity index (χ0n) is 18.0. The first kappa shape index (κ1) is 25.0. The number of rotatable bonds is 6. The van der Waals surface area contributed by atoms with E-state index in [1.165, 1.54) is 39.2 Å². The second-order valence-electron chi connectivity index (χ2n) is 8.07. The smallest absolute Gasteiger partial charge is 0.346 e. The maximum Gasteiger partial charge on any atom is 0.409 e. The van der Waals surface area contributed by atoms with Crippen LogP contribution in [0.1, 0.15) is 37.3 Å². The Morgan fingerprint density at radius 2 is 1.76 bits per heavy atom. The highest BCUT2D eigenvalue weighted by atomic mass is 19.4. The molecular formula is C22H23F6N3O2. The van der Waals surface area contributed by atoms with Crippen molar-refractivity contribution in [1.29, 1.82) is 0 Å². The van der Waals surface area contributed by atoms with E-state index in [0.29, 0.717) is 16.7 Å². The number of carbonyl (C=O) groups excluding carboxylic acids is 1. The van der Waals surface area contributed by atoms with Crippen LogP contribution in [0.5, 0.6) is 0 Å². The molecule has 1 amide bonds. The van der Waals surface area contributed by atoms with Crippen molar-refractivity contribution in [3.63, 3.8) is 0 Å². The number of carbonyl (C=O) groups is 1. The van der Waals surface area contributed by atoms with Crippen molar-refractivity contribution in [2.45, 2.75) is 50.4 Å². The van der Waals surface area contributed by atoms with Crippen LogP contribution < -0.4 is 5.32 Å². The van der Waals surface area contributed by atoms with Crippen LogP contribution in [0.25, 0.3) is 11.1 Å². The fourth-order valence-corrected chi connectivity index (χ4v) is 4.05. The summed E-state index contributed by atoms with van der Waals surface area (Å²) >= 11 is 0. The lowest BCUT2D eigenvalue weighted by Gasteiger charge is -2.32. The lowest BCUT2D eigenvalue weighted by Crippen LogP contribution is -2.51. The maximum absolute atomic E-state index is 13.8. The minimum Gasteiger partial charge on any atom is -0.346 e. The molecule has 33 heavy (non-hydrogen) atoms. The van der Waals surface area contributed by atoms with E-state index in [4.69, 9.17) is 4.74 Å². The molecule has 2 heterocycles. The van der Waals surface area contributed by atoms with Crippen LogP contribution in [0.15, 0.2) is 42.6 Å². The first-order valence-electron chi connectivity index (χ1n) is 10.1. The highest BCUT2D eigenvalue weighted by molar-refractivity contribution is 5.80. The number of alkyl halides is 6. The summed E-state index contributed by atoms with van der Waals surface area (Å²) in [7, 11) is 1.19. The number of halogens is 6. The van der Waals surface area contributed by atoms with Gasteiger partial charge in [0.1, 0.15) is 24.5 Å². The van der Waals surface area contributed by atoms with E-state index in [1.54, 1.807) is 24.3 Å². The number of pyridine rings is 1. The third kappa shape index (κ3) is 4.98. The molecular weight excluding hydrogens is 452 g/mol. The zero-order chi connectivity index (χ0) is 24.6. The topological polar surface area (TPSA) is 54.5 Å². The summed E-state index contributed by atoms with van der Waals surface area (Å²) in [5.74, 6) is -1.51. The van der Waals surface area contributed by atoms with Crippen LogP contribution in [0.2, 0.25) is 0 Å². The van der Waals surface area contributed by atoms with Crippen molar-refractivity contribution >= 4 is 5.91 Å². The molecule has 0 aliphatic carbocycles. The summed E-state index contributed by atoms with van der Waals surface area (Å²) in [5, 5.41) is 2.18. The molecule has 1 aromatic heterocycles. The van der Waals surface area contributed by atoms with Crippen molar-refractivity contribution in [2.24, 2.45) is 0 Å². The molecule has 0 saturated carbocycles. The summed E-state index contributed by atoms with van der Waals surface area (Å²) in [6.07, 6.45) is -7.45. The van der Waals surface area contributed by atoms with E-state index in [0.717, 1.165) is 4.90 Å². The second-order valence-corrected chi connectivity index (χ2v) is 8.07. The average Bonchev–Trinajstić information content (AvgIpc) is 3.03. The Balaban J connectivity index is 1.83. The Morgan fingerprint density at radius 3 is 2.21 bits per heavy atom. The predicted molar refractivity (Wildman–Crippen MR) is 108 cm³/mol. The minimum absolute atomic E-state index is 0.179. The third-order valence-electron chi connectivity index (χ3n) is 5.53. The summed E-state index contributed by atoms with van der Waals surface area (Å²) < 4.78 is 84.8. The molecule has 3 rings (SSSR count). The Bertz CT molecular complexity index is 964. The maximum atomic E-state index is 13.8. The van der Waals surface area contributed by atoms with Crippen molar-refractivity contribution in [1.82, 2.24) is 15.2 Å². The van der Waals surface area contributed by atoms with Gasteiger partial charge in [-0.1, -0.05) is 30.3 Å². The molecule has 180 valence electrons. The molecule has 11 heteroatoms. The predicted octanol–water partition coefficient (Wildman–Crippen LogP) is 4.81. The number of hydrogen-bond acceptors (Lipinski definition) is 4. The summed E-state index contributed by atoms with van der Waals surface area (Å²) in [6.45, 7) is 1.75. The van der Waals surface area contributed by atoms with Gasteiger partial charge in [-0.25, -0.2) is 4.39 Å². The lowest BCUT2D eigenvalue weighted by molar-refractivity contribution is -0.159. The number of ether oxygens (including phenoxy) is 1. The Labute approximate surface area is 186 Å². The number of aromatic nitrogens is 1. The van der Waals surface area contributed by atoms with Gasteiger partial charge in [0.15, 0.2) is 0 Å². The monoisotopic (exact) mass is 475 g/mol. The standard InChI is InChI=1S/C22H23F6N3O2/c1-21(2)31(20(32)19(24)25)16(10-23)17(33-21)13-6-4-12(5-7-13)14-8-9-15(30-11-14)18(29-3)22(26,27)28/h4-9,11,16-19,29H,10H2,1-3H3/t16?,17-,18?/m1/s1. The van der Waals surface area contributed by atoms with Gasteiger partial charge in [-0.3, -0.25) is 9.78 Å². The van der Waals surface area contributed by atoms with E-state index < -0.39 is 49.1 Å². The molecule has 3 atom stereocenters. The van der Waals surface area contributed by atoms with Crippen molar-refractivity contribution in [2.75, 3.05) is 13.7 Å². The molecule has 1 N–H and O–H groups in total. The van der Waals surface area contributed by atoms with Crippen LogP contribution >= 0.6 is 0 Å². The number of hydrogen-bond donors (Lipinski definition) is 1. The highest BCUT2D eigenvalue weighted by Crippen LogP contribution is 2.42. The van der Waals surface area contributed by atoms with Gasteiger partial charge in [0.05, 0.1) is 11.7 Å².